The Balaban J connectivity index is 2.12. The summed E-state index contributed by atoms with van der Waals surface area (Å²) < 4.78 is 20.7. The number of fused-ring (bicyclic) bond motifs is 1. The van der Waals surface area contributed by atoms with Gasteiger partial charge in [-0.05, 0) is 46.2 Å². The van der Waals surface area contributed by atoms with Crippen LogP contribution in [-0.4, -0.2) is 40.4 Å². The maximum absolute atomic E-state index is 13.0. The van der Waals surface area contributed by atoms with Gasteiger partial charge < -0.3 is 18.9 Å². The van der Waals surface area contributed by atoms with E-state index in [2.05, 4.69) is 15.6 Å². The average Bonchev–Trinajstić information content (AvgIpc) is 2.84. The summed E-state index contributed by atoms with van der Waals surface area (Å²) in [6.45, 7) is 0. The lowest BCUT2D eigenvalue weighted by Crippen LogP contribution is -2.41. The van der Waals surface area contributed by atoms with Crippen LogP contribution < -0.4 is 25.1 Å². The van der Waals surface area contributed by atoms with Crippen molar-refractivity contribution in [1.29, 1.82) is 0 Å². The van der Waals surface area contributed by atoms with Crippen molar-refractivity contribution in [3.63, 3.8) is 0 Å². The third kappa shape index (κ3) is 4.92. The largest absolute Gasteiger partial charge is 0.493 e. The Kier molecular flexibility index (Phi) is 7.17. The summed E-state index contributed by atoms with van der Waals surface area (Å²) in [4.78, 5) is 24.5. The molecule has 0 atom stereocenters. The van der Waals surface area contributed by atoms with Gasteiger partial charge in [0.2, 0.25) is 5.75 Å². The maximum atomic E-state index is 13.0. The predicted octanol–water partition coefficient (Wildman–Crippen LogP) is 3.79. The number of amides is 2. The Morgan fingerprint density at radius 3 is 2.03 bits per heavy atom. The van der Waals surface area contributed by atoms with E-state index in [1.54, 1.807) is 18.2 Å². The molecule has 3 rings (SSSR count). The Bertz CT molecular complexity index is 1150. The van der Waals surface area contributed by atoms with E-state index in [1.807, 2.05) is 42.5 Å². The van der Waals surface area contributed by atoms with Crippen molar-refractivity contribution >= 4 is 34.4 Å². The third-order valence-electron chi connectivity index (χ3n) is 4.77. The lowest BCUT2D eigenvalue weighted by atomic mass is 9.99. The van der Waals surface area contributed by atoms with E-state index < -0.39 is 12.0 Å². The van der Waals surface area contributed by atoms with Gasteiger partial charge in [0.05, 0.1) is 28.4 Å². The first-order valence-corrected chi connectivity index (χ1v) is 9.66. The molecule has 0 fully saturated rings. The van der Waals surface area contributed by atoms with E-state index in [1.165, 1.54) is 28.4 Å². The van der Waals surface area contributed by atoms with Gasteiger partial charge in [-0.15, -0.1) is 0 Å². The van der Waals surface area contributed by atoms with Gasteiger partial charge in [0.15, 0.2) is 11.5 Å². The van der Waals surface area contributed by atoms with Gasteiger partial charge >= 0.3 is 6.09 Å². The zero-order valence-corrected chi connectivity index (χ0v) is 18.2. The normalized spacial score (nSPS) is 10.9. The van der Waals surface area contributed by atoms with Crippen molar-refractivity contribution in [2.45, 2.75) is 0 Å². The zero-order chi connectivity index (χ0) is 23.1. The van der Waals surface area contributed by atoms with Crippen LogP contribution in [0.5, 0.6) is 17.2 Å². The van der Waals surface area contributed by atoms with E-state index in [0.717, 1.165) is 16.3 Å². The van der Waals surface area contributed by atoms with E-state index in [9.17, 15) is 9.59 Å². The number of carbonyl (C=O) groups is 2. The SMILES string of the molecule is COC(=O)NNC(=O)/C(=C/c1ccc2ccccc2c1)c1cc(OC)c(OC)c(OC)c1. The van der Waals surface area contributed by atoms with Gasteiger partial charge in [0.25, 0.3) is 5.91 Å². The number of hydrogen-bond donors (Lipinski definition) is 2. The second kappa shape index (κ2) is 10.2. The molecule has 0 unspecified atom stereocenters. The van der Waals surface area contributed by atoms with E-state index in [-0.39, 0.29) is 5.57 Å². The van der Waals surface area contributed by atoms with Crippen molar-refractivity contribution in [2.24, 2.45) is 0 Å². The Hall–Kier alpha value is -4.20. The molecule has 8 heteroatoms. The van der Waals surface area contributed by atoms with Gasteiger partial charge in [0, 0.05) is 5.57 Å². The van der Waals surface area contributed by atoms with Crippen LogP contribution in [0.3, 0.4) is 0 Å². The van der Waals surface area contributed by atoms with Crippen LogP contribution in [0.15, 0.2) is 54.6 Å². The molecule has 0 aliphatic rings. The fourth-order valence-electron chi connectivity index (χ4n) is 3.21. The monoisotopic (exact) mass is 436 g/mol. The molecule has 2 amide bonds. The molecule has 8 nitrogen and oxygen atoms in total. The average molecular weight is 436 g/mol. The van der Waals surface area contributed by atoms with E-state index in [0.29, 0.717) is 22.8 Å². The molecular formula is C24H24N2O6. The second-order valence-electron chi connectivity index (χ2n) is 6.65. The summed E-state index contributed by atoms with van der Waals surface area (Å²) in [5.74, 6) is 0.620. The number of hydrazine groups is 1. The molecule has 166 valence electrons. The summed E-state index contributed by atoms with van der Waals surface area (Å²) in [6, 6.07) is 17.1. The Morgan fingerprint density at radius 1 is 0.781 bits per heavy atom. The standard InChI is InChI=1S/C24H24N2O6/c1-29-20-13-18(14-21(30-2)22(20)31-3)19(23(27)25-26-24(28)32-4)12-15-9-10-16-7-5-6-8-17(16)11-15/h5-14H,1-4H3,(H,25,27)(H,26,28)/b19-12+. The number of hydrogen-bond acceptors (Lipinski definition) is 6. The third-order valence-corrected chi connectivity index (χ3v) is 4.77. The first-order chi connectivity index (χ1) is 15.5. The molecule has 3 aromatic rings. The van der Waals surface area contributed by atoms with Crippen LogP contribution >= 0.6 is 0 Å². The maximum Gasteiger partial charge on any atom is 0.425 e. The van der Waals surface area contributed by atoms with Crippen LogP contribution in [-0.2, 0) is 9.53 Å². The summed E-state index contributed by atoms with van der Waals surface area (Å²) >= 11 is 0. The van der Waals surface area contributed by atoms with Crippen LogP contribution in [0.25, 0.3) is 22.4 Å². The van der Waals surface area contributed by atoms with Crippen molar-refractivity contribution in [3.8, 4) is 17.2 Å². The molecule has 0 spiro atoms. The summed E-state index contributed by atoms with van der Waals surface area (Å²) in [7, 11) is 5.69. The molecular weight excluding hydrogens is 412 g/mol. The highest BCUT2D eigenvalue weighted by molar-refractivity contribution is 6.24. The summed E-state index contributed by atoms with van der Waals surface area (Å²) in [5, 5.41) is 2.11. The molecule has 32 heavy (non-hydrogen) atoms. The molecule has 0 saturated carbocycles. The molecule has 3 aromatic carbocycles. The molecule has 0 aromatic heterocycles. The highest BCUT2D eigenvalue weighted by Crippen LogP contribution is 2.40. The Labute approximate surface area is 185 Å². The van der Waals surface area contributed by atoms with Crippen molar-refractivity contribution < 1.29 is 28.5 Å². The van der Waals surface area contributed by atoms with E-state index in [4.69, 9.17) is 14.2 Å². The number of nitrogens with one attached hydrogen (secondary N) is 2. The van der Waals surface area contributed by atoms with Crippen LogP contribution in [0.1, 0.15) is 11.1 Å². The fraction of sp³-hybridized carbons (Fsp3) is 0.167. The minimum absolute atomic E-state index is 0.260. The number of ether oxygens (including phenoxy) is 4. The van der Waals surface area contributed by atoms with Gasteiger partial charge in [-0.3, -0.25) is 10.2 Å². The van der Waals surface area contributed by atoms with Gasteiger partial charge in [-0.2, -0.15) is 0 Å². The zero-order valence-electron chi connectivity index (χ0n) is 18.2. The van der Waals surface area contributed by atoms with Crippen LogP contribution in [0, 0.1) is 0 Å². The summed E-state index contributed by atoms with van der Waals surface area (Å²) in [6.07, 6.45) is 0.912. The quantitative estimate of drug-likeness (QED) is 0.347. The fourth-order valence-corrected chi connectivity index (χ4v) is 3.21. The molecule has 0 bridgehead atoms. The number of carbonyl (C=O) groups excluding carboxylic acids is 2. The number of methoxy groups -OCH3 is 4. The first-order valence-electron chi connectivity index (χ1n) is 9.66. The molecule has 2 N–H and O–H groups in total. The molecule has 0 aliphatic carbocycles. The second-order valence-corrected chi connectivity index (χ2v) is 6.65. The minimum atomic E-state index is -0.798. The molecule has 0 radical (unpaired) electrons. The molecule has 0 saturated heterocycles. The highest BCUT2D eigenvalue weighted by Gasteiger charge is 2.20. The van der Waals surface area contributed by atoms with Gasteiger partial charge in [-0.25, -0.2) is 10.2 Å². The van der Waals surface area contributed by atoms with Gasteiger partial charge in [0.1, 0.15) is 0 Å². The van der Waals surface area contributed by atoms with Crippen molar-refractivity contribution in [1.82, 2.24) is 10.9 Å². The number of benzene rings is 3. The van der Waals surface area contributed by atoms with E-state index >= 15 is 0 Å². The first kappa shape index (κ1) is 22.5. The summed E-state index contributed by atoms with van der Waals surface area (Å²) in [5.41, 5.74) is 6.09. The highest BCUT2D eigenvalue weighted by atomic mass is 16.5. The molecule has 0 aliphatic heterocycles. The lowest BCUT2D eigenvalue weighted by Gasteiger charge is -2.16. The number of rotatable bonds is 6. The van der Waals surface area contributed by atoms with Crippen LogP contribution in [0.4, 0.5) is 4.79 Å². The lowest BCUT2D eigenvalue weighted by molar-refractivity contribution is -0.116. The predicted molar refractivity (Wildman–Crippen MR) is 122 cm³/mol. The van der Waals surface area contributed by atoms with Crippen LogP contribution in [0.2, 0.25) is 0 Å². The van der Waals surface area contributed by atoms with Crippen molar-refractivity contribution in [2.75, 3.05) is 28.4 Å². The molecule has 0 heterocycles. The minimum Gasteiger partial charge on any atom is -0.493 e. The Morgan fingerprint density at radius 2 is 1.44 bits per heavy atom. The van der Waals surface area contributed by atoms with Crippen molar-refractivity contribution in [3.05, 3.63) is 65.7 Å². The smallest absolute Gasteiger partial charge is 0.425 e. The van der Waals surface area contributed by atoms with Gasteiger partial charge in [-0.1, -0.05) is 36.4 Å². The topological polar surface area (TPSA) is 95.1 Å².